The smallest absolute Gasteiger partial charge is 0.346 e. The number of carbonyl (C=O) groups is 3. The first-order chi connectivity index (χ1) is 21.2. The molecule has 1 unspecified atom stereocenters. The monoisotopic (exact) mass is 605 g/mol. The topological polar surface area (TPSA) is 201 Å². The molecule has 1 fully saturated rings. The third kappa shape index (κ3) is 6.11. The number of hydrogen-bond acceptors (Lipinski definition) is 8. The van der Waals surface area contributed by atoms with E-state index < -0.39 is 29.6 Å². The summed E-state index contributed by atoms with van der Waals surface area (Å²) in [6.45, 7) is 0.605. The number of rotatable bonds is 9. The number of anilines is 1. The van der Waals surface area contributed by atoms with E-state index >= 15 is 0 Å². The van der Waals surface area contributed by atoms with Gasteiger partial charge in [-0.05, 0) is 37.1 Å². The van der Waals surface area contributed by atoms with Crippen molar-refractivity contribution in [2.75, 3.05) is 32.6 Å². The molecule has 3 amide bonds. The van der Waals surface area contributed by atoms with Crippen LogP contribution in [0.3, 0.4) is 0 Å². The number of fused-ring (bicyclic) bond motifs is 1. The van der Waals surface area contributed by atoms with Gasteiger partial charge in [0, 0.05) is 37.3 Å². The number of carboxylic acid groups (broad SMARTS) is 1. The first-order valence-electron chi connectivity index (χ1n) is 13.8. The number of hydrogen-bond donors (Lipinski definition) is 5. The summed E-state index contributed by atoms with van der Waals surface area (Å²) < 4.78 is 12.3. The van der Waals surface area contributed by atoms with Gasteiger partial charge in [-0.2, -0.15) is 0 Å². The van der Waals surface area contributed by atoms with Crippen LogP contribution in [0.2, 0.25) is 0 Å². The van der Waals surface area contributed by atoms with Gasteiger partial charge in [0.1, 0.15) is 28.9 Å². The second-order valence-corrected chi connectivity index (χ2v) is 10.2. The van der Waals surface area contributed by atoms with Gasteiger partial charge in [0.25, 0.3) is 5.91 Å². The molecule has 44 heavy (non-hydrogen) atoms. The van der Waals surface area contributed by atoms with Gasteiger partial charge in [0.15, 0.2) is 0 Å². The third-order valence-electron chi connectivity index (χ3n) is 7.54. The van der Waals surface area contributed by atoms with Crippen molar-refractivity contribution in [3.05, 3.63) is 80.8 Å². The molecule has 0 radical (unpaired) electrons. The molecule has 2 aromatic heterocycles. The predicted octanol–water partition coefficient (Wildman–Crippen LogP) is 1.72. The van der Waals surface area contributed by atoms with Crippen LogP contribution in [0.25, 0.3) is 11.0 Å². The van der Waals surface area contributed by atoms with Crippen molar-refractivity contribution in [1.82, 2.24) is 29.7 Å². The molecule has 1 aliphatic rings. The standard InChI is InChI=1S/C29H31N7O8/c1-43-21-8-5-9-22(44-2)23(21)25(37)33-24-16(15-30-27(40)34-24)14-19(26(38)39)32-28(41)35-12-10-17(11-13-35)36-20-7-4-3-6-18(20)31-29(36)42/h3-9,15,17,19H,10-14H2,1-2H3,(H,31,42)(H,32,41)(H,38,39)(H2,30,33,34,37,40). The second-order valence-electron chi connectivity index (χ2n) is 10.2. The summed E-state index contributed by atoms with van der Waals surface area (Å²) >= 11 is 0. The molecule has 15 nitrogen and oxygen atoms in total. The van der Waals surface area contributed by atoms with Gasteiger partial charge >= 0.3 is 23.4 Å². The summed E-state index contributed by atoms with van der Waals surface area (Å²) in [5.41, 5.74) is 0.745. The average molecular weight is 606 g/mol. The van der Waals surface area contributed by atoms with E-state index in [0.29, 0.717) is 25.9 Å². The Morgan fingerprint density at radius 3 is 2.36 bits per heavy atom. The second kappa shape index (κ2) is 12.7. The van der Waals surface area contributed by atoms with Gasteiger partial charge in [-0.3, -0.25) is 14.3 Å². The highest BCUT2D eigenvalue weighted by molar-refractivity contribution is 6.08. The van der Waals surface area contributed by atoms with Crippen molar-refractivity contribution < 1.29 is 29.0 Å². The van der Waals surface area contributed by atoms with E-state index in [0.717, 1.165) is 17.2 Å². The van der Waals surface area contributed by atoms with Crippen molar-refractivity contribution in [1.29, 1.82) is 0 Å². The highest BCUT2D eigenvalue weighted by Crippen LogP contribution is 2.29. The molecule has 3 heterocycles. The van der Waals surface area contributed by atoms with Gasteiger partial charge in [0.05, 0.1) is 25.3 Å². The number of urea groups is 1. The molecular weight excluding hydrogens is 574 g/mol. The summed E-state index contributed by atoms with van der Waals surface area (Å²) in [5, 5.41) is 15.0. The number of para-hydroxylation sites is 2. The Bertz CT molecular complexity index is 1800. The molecular formula is C29H31N7O8. The molecule has 0 saturated carbocycles. The normalized spacial score (nSPS) is 14.2. The van der Waals surface area contributed by atoms with E-state index in [9.17, 15) is 29.1 Å². The quantitative estimate of drug-likeness (QED) is 0.188. The Balaban J connectivity index is 1.28. The number of likely N-dealkylation sites (tertiary alicyclic amines) is 1. The first kappa shape index (κ1) is 29.9. The van der Waals surface area contributed by atoms with E-state index in [2.05, 4.69) is 25.6 Å². The highest BCUT2D eigenvalue weighted by atomic mass is 16.5. The fourth-order valence-corrected chi connectivity index (χ4v) is 5.36. The Kier molecular flexibility index (Phi) is 8.64. The zero-order valence-electron chi connectivity index (χ0n) is 24.0. The van der Waals surface area contributed by atoms with Crippen LogP contribution in [-0.4, -0.2) is 80.8 Å². The number of methoxy groups -OCH3 is 2. The molecule has 0 aliphatic carbocycles. The van der Waals surface area contributed by atoms with E-state index in [4.69, 9.17) is 9.47 Å². The van der Waals surface area contributed by atoms with E-state index in [-0.39, 0.29) is 46.6 Å². The van der Waals surface area contributed by atoms with Crippen molar-refractivity contribution >= 4 is 34.8 Å². The number of imidazole rings is 1. The maximum atomic E-state index is 13.2. The van der Waals surface area contributed by atoms with Crippen molar-refractivity contribution in [3.63, 3.8) is 0 Å². The number of aromatic amines is 2. The lowest BCUT2D eigenvalue weighted by atomic mass is 10.0. The van der Waals surface area contributed by atoms with Gasteiger partial charge < -0.3 is 35.1 Å². The van der Waals surface area contributed by atoms with Crippen molar-refractivity contribution in [3.8, 4) is 11.5 Å². The lowest BCUT2D eigenvalue weighted by molar-refractivity contribution is -0.139. The number of carbonyl (C=O) groups excluding carboxylic acids is 2. The number of aliphatic carboxylic acids is 1. The molecule has 1 aliphatic heterocycles. The Labute approximate surface area is 249 Å². The number of H-pyrrole nitrogens is 2. The summed E-state index contributed by atoms with van der Waals surface area (Å²) in [5.74, 6) is -1.67. The lowest BCUT2D eigenvalue weighted by Crippen LogP contribution is -2.51. The summed E-state index contributed by atoms with van der Waals surface area (Å²) in [4.78, 5) is 73.6. The number of piperidine rings is 1. The fraction of sp³-hybridized carbons (Fsp3) is 0.310. The maximum Gasteiger partial charge on any atom is 0.346 e. The van der Waals surface area contributed by atoms with E-state index in [1.807, 2.05) is 24.3 Å². The molecule has 1 saturated heterocycles. The number of aromatic nitrogens is 4. The van der Waals surface area contributed by atoms with Crippen LogP contribution in [0.15, 0.2) is 58.3 Å². The summed E-state index contributed by atoms with van der Waals surface area (Å²) in [7, 11) is 2.77. The maximum absolute atomic E-state index is 13.2. The largest absolute Gasteiger partial charge is 0.496 e. The Hall–Kier alpha value is -5.60. The van der Waals surface area contributed by atoms with Crippen LogP contribution < -0.4 is 31.5 Å². The van der Waals surface area contributed by atoms with E-state index in [1.54, 1.807) is 22.8 Å². The van der Waals surface area contributed by atoms with Gasteiger partial charge in [0.2, 0.25) is 0 Å². The van der Waals surface area contributed by atoms with Crippen LogP contribution in [0.4, 0.5) is 10.6 Å². The van der Waals surface area contributed by atoms with Crippen molar-refractivity contribution in [2.24, 2.45) is 0 Å². The Morgan fingerprint density at radius 2 is 1.70 bits per heavy atom. The lowest BCUT2D eigenvalue weighted by Gasteiger charge is -2.33. The Morgan fingerprint density at radius 1 is 1.02 bits per heavy atom. The van der Waals surface area contributed by atoms with Crippen LogP contribution in [0.1, 0.15) is 34.8 Å². The fourth-order valence-electron chi connectivity index (χ4n) is 5.36. The number of nitrogens with zero attached hydrogens (tertiary/aromatic N) is 3. The van der Waals surface area contributed by atoms with Gasteiger partial charge in [-0.1, -0.05) is 18.2 Å². The van der Waals surface area contributed by atoms with Crippen LogP contribution in [-0.2, 0) is 11.2 Å². The third-order valence-corrected chi connectivity index (χ3v) is 7.54. The molecule has 230 valence electrons. The molecule has 0 spiro atoms. The van der Waals surface area contributed by atoms with Crippen LogP contribution >= 0.6 is 0 Å². The minimum Gasteiger partial charge on any atom is -0.496 e. The van der Waals surface area contributed by atoms with Gasteiger partial charge in [-0.15, -0.1) is 0 Å². The number of ether oxygens (including phenoxy) is 2. The molecule has 1 atom stereocenters. The summed E-state index contributed by atoms with van der Waals surface area (Å²) in [6.07, 6.45) is 1.84. The minimum atomic E-state index is -1.42. The number of amides is 3. The molecule has 0 bridgehead atoms. The molecule has 4 aromatic rings. The number of benzene rings is 2. The van der Waals surface area contributed by atoms with Crippen LogP contribution in [0.5, 0.6) is 11.5 Å². The molecule has 15 heteroatoms. The first-order valence-corrected chi connectivity index (χ1v) is 13.8. The molecule has 5 N–H and O–H groups in total. The number of nitrogens with one attached hydrogen (secondary N) is 4. The average Bonchev–Trinajstić information content (AvgIpc) is 3.36. The highest BCUT2D eigenvalue weighted by Gasteiger charge is 2.30. The predicted molar refractivity (Wildman–Crippen MR) is 158 cm³/mol. The summed E-state index contributed by atoms with van der Waals surface area (Å²) in [6, 6.07) is 10.00. The zero-order chi connectivity index (χ0) is 31.4. The van der Waals surface area contributed by atoms with E-state index in [1.165, 1.54) is 19.1 Å². The molecule has 2 aromatic carbocycles. The van der Waals surface area contributed by atoms with Crippen molar-refractivity contribution in [2.45, 2.75) is 31.3 Å². The minimum absolute atomic E-state index is 0.0579. The zero-order valence-corrected chi connectivity index (χ0v) is 24.0. The molecule has 5 rings (SSSR count). The number of carboxylic acids is 1. The van der Waals surface area contributed by atoms with Gasteiger partial charge in [-0.25, -0.2) is 24.2 Å². The van der Waals surface area contributed by atoms with Crippen LogP contribution in [0, 0.1) is 0 Å². The SMILES string of the molecule is COc1cccc(OC)c1C(=O)Nc1[nH]c(=O)ncc1CC(NC(=O)N1CCC(n2c(=O)[nH]c3ccccc32)CC1)C(=O)O.